The molecule has 0 saturated heterocycles. The lowest BCUT2D eigenvalue weighted by atomic mass is 9.87. The van der Waals surface area contributed by atoms with Gasteiger partial charge in [0.1, 0.15) is 0 Å². The van der Waals surface area contributed by atoms with Crippen LogP contribution in [0.2, 0.25) is 0 Å². The van der Waals surface area contributed by atoms with Gasteiger partial charge in [-0.1, -0.05) is 38.8 Å². The van der Waals surface area contributed by atoms with Crippen LogP contribution >= 0.6 is 31.9 Å². The van der Waals surface area contributed by atoms with Crippen molar-refractivity contribution in [1.29, 1.82) is 0 Å². The molecule has 1 saturated carbocycles. The molecule has 1 aliphatic carbocycles. The summed E-state index contributed by atoms with van der Waals surface area (Å²) in [6.07, 6.45) is 0.637. The summed E-state index contributed by atoms with van der Waals surface area (Å²) in [5.41, 5.74) is 0.750. The number of aliphatic hydroxyl groups is 1. The van der Waals surface area contributed by atoms with Gasteiger partial charge < -0.3 is 10.2 Å². The molecule has 5 heteroatoms. The average Bonchev–Trinajstić information content (AvgIpc) is 2.74. The topological polar surface area (TPSA) is 57.5 Å². The molecule has 2 N–H and O–H groups in total. The zero-order valence-electron chi connectivity index (χ0n) is 10.5. The molecule has 1 fully saturated rings. The highest BCUT2D eigenvalue weighted by atomic mass is 79.9. The summed E-state index contributed by atoms with van der Waals surface area (Å²) in [5.74, 6) is -1.15. The predicted molar refractivity (Wildman–Crippen MR) is 79.8 cm³/mol. The van der Waals surface area contributed by atoms with Gasteiger partial charge in [-0.3, -0.25) is 4.79 Å². The Morgan fingerprint density at radius 3 is 2.68 bits per heavy atom. The van der Waals surface area contributed by atoms with E-state index in [0.29, 0.717) is 12.3 Å². The van der Waals surface area contributed by atoms with Crippen molar-refractivity contribution in [2.45, 2.75) is 25.9 Å². The molecule has 1 aliphatic rings. The van der Waals surface area contributed by atoms with Crippen LogP contribution in [0.4, 0.5) is 0 Å². The van der Waals surface area contributed by atoms with E-state index in [9.17, 15) is 15.0 Å². The Balaban J connectivity index is 2.29. The highest BCUT2D eigenvalue weighted by molar-refractivity contribution is 9.11. The quantitative estimate of drug-likeness (QED) is 0.818. The molecule has 0 radical (unpaired) electrons. The van der Waals surface area contributed by atoms with Crippen LogP contribution in [0, 0.1) is 17.8 Å². The zero-order chi connectivity index (χ0) is 14.2. The molecule has 1 aromatic carbocycles. The van der Waals surface area contributed by atoms with E-state index in [0.717, 1.165) is 20.9 Å². The summed E-state index contributed by atoms with van der Waals surface area (Å²) in [6, 6.07) is 5.58. The van der Waals surface area contributed by atoms with Crippen molar-refractivity contribution in [3.05, 3.63) is 32.7 Å². The minimum absolute atomic E-state index is 0.224. The largest absolute Gasteiger partial charge is 0.481 e. The van der Waals surface area contributed by atoms with Crippen molar-refractivity contribution in [1.82, 2.24) is 0 Å². The van der Waals surface area contributed by atoms with E-state index in [1.807, 2.05) is 25.1 Å². The summed E-state index contributed by atoms with van der Waals surface area (Å²) < 4.78 is 1.69. The molecule has 4 atom stereocenters. The summed E-state index contributed by atoms with van der Waals surface area (Å²) in [6.45, 7) is 2.04. The van der Waals surface area contributed by atoms with Crippen LogP contribution in [0.15, 0.2) is 27.1 Å². The number of benzene rings is 1. The van der Waals surface area contributed by atoms with Crippen LogP contribution in [0.25, 0.3) is 0 Å². The number of hydrogen-bond donors (Lipinski definition) is 2. The second-order valence-electron chi connectivity index (χ2n) is 5.30. The van der Waals surface area contributed by atoms with E-state index in [2.05, 4.69) is 31.9 Å². The average molecular weight is 392 g/mol. The summed E-state index contributed by atoms with van der Waals surface area (Å²) in [4.78, 5) is 11.3. The molecule has 0 spiro atoms. The van der Waals surface area contributed by atoms with Crippen molar-refractivity contribution in [2.24, 2.45) is 17.8 Å². The third kappa shape index (κ3) is 3.20. The molecule has 0 aliphatic heterocycles. The molecular weight excluding hydrogens is 376 g/mol. The molecule has 1 aromatic rings. The number of rotatable bonds is 3. The smallest absolute Gasteiger partial charge is 0.306 e. The van der Waals surface area contributed by atoms with E-state index in [4.69, 9.17) is 0 Å². The number of carboxylic acids is 1. The van der Waals surface area contributed by atoms with Crippen molar-refractivity contribution in [3.8, 4) is 0 Å². The monoisotopic (exact) mass is 390 g/mol. The molecule has 0 heterocycles. The minimum atomic E-state index is -0.806. The van der Waals surface area contributed by atoms with Gasteiger partial charge in [0.05, 0.1) is 12.0 Å². The van der Waals surface area contributed by atoms with Gasteiger partial charge in [0.25, 0.3) is 0 Å². The lowest BCUT2D eigenvalue weighted by molar-refractivity contribution is -0.144. The van der Waals surface area contributed by atoms with Gasteiger partial charge in [0.2, 0.25) is 0 Å². The van der Waals surface area contributed by atoms with Crippen LogP contribution in [0.3, 0.4) is 0 Å². The van der Waals surface area contributed by atoms with Gasteiger partial charge in [-0.25, -0.2) is 0 Å². The third-order valence-corrected chi connectivity index (χ3v) is 5.06. The second-order valence-corrected chi connectivity index (χ2v) is 7.07. The van der Waals surface area contributed by atoms with E-state index in [1.165, 1.54) is 0 Å². The van der Waals surface area contributed by atoms with Crippen LogP contribution in [0.1, 0.15) is 31.4 Å². The van der Waals surface area contributed by atoms with E-state index >= 15 is 0 Å². The number of halogens is 2. The fourth-order valence-electron chi connectivity index (χ4n) is 2.94. The fraction of sp³-hybridized carbons (Fsp3) is 0.500. The van der Waals surface area contributed by atoms with Crippen molar-refractivity contribution < 1.29 is 15.0 Å². The van der Waals surface area contributed by atoms with Crippen LogP contribution in [-0.4, -0.2) is 16.2 Å². The highest BCUT2D eigenvalue weighted by Gasteiger charge is 2.41. The van der Waals surface area contributed by atoms with Crippen molar-refractivity contribution >= 4 is 37.8 Å². The Labute approximate surface area is 129 Å². The van der Waals surface area contributed by atoms with Gasteiger partial charge >= 0.3 is 5.97 Å². The maximum Gasteiger partial charge on any atom is 0.306 e. The summed E-state index contributed by atoms with van der Waals surface area (Å²) in [5, 5.41) is 19.8. The molecular formula is C14H16Br2O3. The molecule has 19 heavy (non-hydrogen) atoms. The van der Waals surface area contributed by atoms with E-state index in [-0.39, 0.29) is 5.92 Å². The Kier molecular flexibility index (Phi) is 4.69. The minimum Gasteiger partial charge on any atom is -0.481 e. The fourth-order valence-corrected chi connectivity index (χ4v) is 3.80. The molecule has 0 aromatic heterocycles. The van der Waals surface area contributed by atoms with E-state index < -0.39 is 18.0 Å². The second kappa shape index (κ2) is 5.94. The third-order valence-electron chi connectivity index (χ3n) is 3.85. The molecule has 104 valence electrons. The van der Waals surface area contributed by atoms with Crippen LogP contribution < -0.4 is 0 Å². The number of hydrogen-bond acceptors (Lipinski definition) is 2. The number of carbonyl (C=O) groups is 1. The van der Waals surface area contributed by atoms with Crippen molar-refractivity contribution in [3.63, 3.8) is 0 Å². The summed E-state index contributed by atoms with van der Waals surface area (Å²) in [7, 11) is 0. The molecule has 4 unspecified atom stereocenters. The maximum absolute atomic E-state index is 11.3. The number of carboxylic acid groups (broad SMARTS) is 1. The number of aliphatic carboxylic acids is 1. The first-order chi connectivity index (χ1) is 8.90. The standard InChI is InChI=1S/C14H16Br2O3/c1-7-4-9(10(5-7)14(18)19)13(17)11-6-8(15)2-3-12(11)16/h2-3,6-7,9-10,13,17H,4-5H2,1H3,(H,18,19). The van der Waals surface area contributed by atoms with Crippen LogP contribution in [0.5, 0.6) is 0 Å². The lowest BCUT2D eigenvalue weighted by Crippen LogP contribution is -2.24. The molecule has 0 bridgehead atoms. The van der Waals surface area contributed by atoms with E-state index in [1.54, 1.807) is 0 Å². The molecule has 2 rings (SSSR count). The Bertz CT molecular complexity index is 490. The zero-order valence-corrected chi connectivity index (χ0v) is 13.7. The van der Waals surface area contributed by atoms with Gasteiger partial charge in [0, 0.05) is 14.9 Å². The summed E-state index contributed by atoms with van der Waals surface area (Å²) >= 11 is 6.80. The van der Waals surface area contributed by atoms with Gasteiger partial charge in [-0.2, -0.15) is 0 Å². The Morgan fingerprint density at radius 2 is 2.05 bits per heavy atom. The van der Waals surface area contributed by atoms with Gasteiger partial charge in [-0.05, 0) is 42.5 Å². The SMILES string of the molecule is CC1CC(C(=O)O)C(C(O)c2cc(Br)ccc2Br)C1. The lowest BCUT2D eigenvalue weighted by Gasteiger charge is -2.23. The Hall–Kier alpha value is -0.390. The van der Waals surface area contributed by atoms with Gasteiger partial charge in [0.15, 0.2) is 0 Å². The first-order valence-electron chi connectivity index (χ1n) is 6.26. The normalized spacial score (nSPS) is 28.3. The molecule has 3 nitrogen and oxygen atoms in total. The number of aliphatic hydroxyl groups excluding tert-OH is 1. The first kappa shape index (κ1) is 15.0. The predicted octanol–water partition coefficient (Wildman–Crippen LogP) is 3.99. The molecule has 0 amide bonds. The highest BCUT2D eigenvalue weighted by Crippen LogP contribution is 2.45. The van der Waals surface area contributed by atoms with Gasteiger partial charge in [-0.15, -0.1) is 0 Å². The first-order valence-corrected chi connectivity index (χ1v) is 7.84. The van der Waals surface area contributed by atoms with Crippen LogP contribution in [-0.2, 0) is 4.79 Å². The van der Waals surface area contributed by atoms with Crippen molar-refractivity contribution in [2.75, 3.05) is 0 Å². The Morgan fingerprint density at radius 1 is 1.37 bits per heavy atom. The maximum atomic E-state index is 11.3.